The molecule has 0 saturated carbocycles. The topological polar surface area (TPSA) is 69.1 Å². The summed E-state index contributed by atoms with van der Waals surface area (Å²) < 4.78 is 4.89. The van der Waals surface area contributed by atoms with Gasteiger partial charge >= 0.3 is 0 Å². The van der Waals surface area contributed by atoms with E-state index >= 15 is 0 Å². The van der Waals surface area contributed by atoms with Gasteiger partial charge in [-0.3, -0.25) is 4.79 Å². The molecule has 5 heteroatoms. The van der Waals surface area contributed by atoms with Crippen LogP contribution in [0, 0.1) is 0 Å². The third kappa shape index (κ3) is 1.46. The van der Waals surface area contributed by atoms with E-state index in [0.29, 0.717) is 4.88 Å². The largest absolute Gasteiger partial charge is 0.420 e. The number of hydrogen-bond donors (Lipinski definition) is 1. The Bertz CT molecular complexity index is 419. The van der Waals surface area contributed by atoms with Crippen molar-refractivity contribution in [3.63, 3.8) is 0 Å². The summed E-state index contributed by atoms with van der Waals surface area (Å²) >= 11 is 1.36. The predicted molar refractivity (Wildman–Crippen MR) is 48.7 cm³/mol. The molecule has 2 heterocycles. The molecule has 0 saturated heterocycles. The van der Waals surface area contributed by atoms with Crippen molar-refractivity contribution >= 4 is 23.1 Å². The number of nitrogens with zero attached hydrogens (tertiary/aromatic N) is 1. The lowest BCUT2D eigenvalue weighted by Crippen LogP contribution is -1.95. The predicted octanol–water partition coefficient (Wildman–Crippen LogP) is 1.55. The first kappa shape index (κ1) is 8.00. The quantitative estimate of drug-likeness (QED) is 0.736. The highest BCUT2D eigenvalue weighted by Gasteiger charge is 2.14. The van der Waals surface area contributed by atoms with Crippen molar-refractivity contribution in [2.45, 2.75) is 0 Å². The number of thiophene rings is 1. The summed E-state index contributed by atoms with van der Waals surface area (Å²) in [6.07, 6.45) is 1.33. The Balaban J connectivity index is 2.33. The number of rotatable bonds is 2. The van der Waals surface area contributed by atoms with Crippen molar-refractivity contribution in [1.82, 2.24) is 4.98 Å². The maximum atomic E-state index is 11.5. The molecular formula is C8H6N2O2S. The molecule has 0 aliphatic heterocycles. The van der Waals surface area contributed by atoms with Gasteiger partial charge in [0, 0.05) is 0 Å². The van der Waals surface area contributed by atoms with E-state index in [9.17, 15) is 4.79 Å². The van der Waals surface area contributed by atoms with Gasteiger partial charge < -0.3 is 10.2 Å². The third-order valence-corrected chi connectivity index (χ3v) is 2.36. The molecule has 0 aromatic carbocycles. The number of carbonyl (C=O) groups is 1. The van der Waals surface area contributed by atoms with Gasteiger partial charge in [-0.15, -0.1) is 11.3 Å². The third-order valence-electron chi connectivity index (χ3n) is 1.49. The second-order valence-electron chi connectivity index (χ2n) is 2.37. The molecule has 0 spiro atoms. The maximum absolute atomic E-state index is 11.5. The van der Waals surface area contributed by atoms with Crippen LogP contribution in [0.25, 0.3) is 0 Å². The second kappa shape index (κ2) is 3.02. The molecule has 66 valence electrons. The summed E-state index contributed by atoms with van der Waals surface area (Å²) in [6.45, 7) is 0. The molecule has 0 atom stereocenters. The van der Waals surface area contributed by atoms with E-state index in [2.05, 4.69) is 4.98 Å². The molecule has 2 rings (SSSR count). The highest BCUT2D eigenvalue weighted by molar-refractivity contribution is 7.12. The fraction of sp³-hybridized carbons (Fsp3) is 0. The minimum atomic E-state index is -0.181. The number of ketones is 1. The Morgan fingerprint density at radius 1 is 1.62 bits per heavy atom. The van der Waals surface area contributed by atoms with E-state index in [0.717, 1.165) is 0 Å². The molecule has 0 fully saturated rings. The zero-order valence-electron chi connectivity index (χ0n) is 6.56. The number of aromatic nitrogens is 1. The highest BCUT2D eigenvalue weighted by Crippen LogP contribution is 2.15. The maximum Gasteiger partial charge on any atom is 0.292 e. The molecule has 0 radical (unpaired) electrons. The Morgan fingerprint density at radius 3 is 3.00 bits per heavy atom. The van der Waals surface area contributed by atoms with Crippen LogP contribution in [0.3, 0.4) is 0 Å². The normalized spacial score (nSPS) is 10.2. The van der Waals surface area contributed by atoms with Crippen LogP contribution in [-0.4, -0.2) is 10.8 Å². The summed E-state index contributed by atoms with van der Waals surface area (Å²) in [5.74, 6) is -0.000787. The molecule has 4 nitrogen and oxygen atoms in total. The van der Waals surface area contributed by atoms with Crippen LogP contribution in [0.1, 0.15) is 15.4 Å². The van der Waals surface area contributed by atoms with E-state index in [1.54, 1.807) is 12.1 Å². The number of nitrogens with two attached hydrogens (primary N) is 1. The van der Waals surface area contributed by atoms with Crippen LogP contribution in [0.5, 0.6) is 0 Å². The van der Waals surface area contributed by atoms with Crippen LogP contribution in [-0.2, 0) is 0 Å². The summed E-state index contributed by atoms with van der Waals surface area (Å²) in [5, 5.41) is 1.83. The first-order valence-electron chi connectivity index (χ1n) is 3.57. The Hall–Kier alpha value is -1.62. The lowest BCUT2D eigenvalue weighted by Gasteiger charge is -1.89. The molecule has 0 bridgehead atoms. The fourth-order valence-electron chi connectivity index (χ4n) is 0.922. The monoisotopic (exact) mass is 194 g/mol. The number of anilines is 1. The Labute approximate surface area is 78.0 Å². The lowest BCUT2D eigenvalue weighted by atomic mass is 10.3. The van der Waals surface area contributed by atoms with Gasteiger partial charge in [0.25, 0.3) is 6.01 Å². The molecule has 13 heavy (non-hydrogen) atoms. The number of oxazole rings is 1. The lowest BCUT2D eigenvalue weighted by molar-refractivity contribution is 0.101. The van der Waals surface area contributed by atoms with Crippen LogP contribution in [0.4, 0.5) is 6.01 Å². The van der Waals surface area contributed by atoms with Gasteiger partial charge in [0.2, 0.25) is 5.78 Å². The van der Waals surface area contributed by atoms with Crippen molar-refractivity contribution in [3.8, 4) is 0 Å². The number of hydrogen-bond acceptors (Lipinski definition) is 5. The Kier molecular flexibility index (Phi) is 1.86. The summed E-state index contributed by atoms with van der Waals surface area (Å²) in [7, 11) is 0. The number of carbonyl (C=O) groups excluding carboxylic acids is 1. The van der Waals surface area contributed by atoms with Crippen molar-refractivity contribution < 1.29 is 9.21 Å². The van der Waals surface area contributed by atoms with Crippen LogP contribution in [0.2, 0.25) is 0 Å². The summed E-state index contributed by atoms with van der Waals surface area (Å²) in [4.78, 5) is 15.8. The van der Waals surface area contributed by atoms with E-state index in [4.69, 9.17) is 10.2 Å². The average molecular weight is 194 g/mol. The van der Waals surface area contributed by atoms with E-state index < -0.39 is 0 Å². The smallest absolute Gasteiger partial charge is 0.292 e. The second-order valence-corrected chi connectivity index (χ2v) is 3.32. The van der Waals surface area contributed by atoms with E-state index in [-0.39, 0.29) is 17.6 Å². The summed E-state index contributed by atoms with van der Waals surface area (Å²) in [6, 6.07) is 3.54. The van der Waals surface area contributed by atoms with Crippen molar-refractivity contribution in [2.75, 3.05) is 5.73 Å². The summed E-state index contributed by atoms with van der Waals surface area (Å²) in [5.41, 5.74) is 5.24. The molecule has 2 aromatic rings. The van der Waals surface area contributed by atoms with Crippen molar-refractivity contribution in [1.29, 1.82) is 0 Å². The first-order chi connectivity index (χ1) is 6.27. The minimum absolute atomic E-state index is 0.0138. The average Bonchev–Trinajstić information content (AvgIpc) is 2.72. The standard InChI is InChI=1S/C8H6N2O2S/c9-8-10-4-5(12-8)7(11)6-2-1-3-13-6/h1-4H,(H2,9,10). The number of nitrogen functional groups attached to an aromatic ring is 1. The van der Waals surface area contributed by atoms with Crippen molar-refractivity contribution in [3.05, 3.63) is 34.3 Å². The van der Waals surface area contributed by atoms with Crippen LogP contribution < -0.4 is 5.73 Å². The zero-order valence-corrected chi connectivity index (χ0v) is 7.38. The van der Waals surface area contributed by atoms with Gasteiger partial charge in [-0.2, -0.15) is 0 Å². The molecular weight excluding hydrogens is 188 g/mol. The van der Waals surface area contributed by atoms with Gasteiger partial charge in [0.1, 0.15) is 0 Å². The van der Waals surface area contributed by atoms with Gasteiger partial charge in [-0.1, -0.05) is 6.07 Å². The molecule has 0 aliphatic rings. The van der Waals surface area contributed by atoms with Gasteiger partial charge in [0.15, 0.2) is 5.76 Å². The van der Waals surface area contributed by atoms with Gasteiger partial charge in [0.05, 0.1) is 11.1 Å². The molecule has 2 aromatic heterocycles. The fourth-order valence-corrected chi connectivity index (χ4v) is 1.59. The van der Waals surface area contributed by atoms with E-state index in [1.165, 1.54) is 17.5 Å². The zero-order chi connectivity index (χ0) is 9.26. The minimum Gasteiger partial charge on any atom is -0.420 e. The SMILES string of the molecule is Nc1ncc(C(=O)c2cccs2)o1. The molecule has 0 amide bonds. The van der Waals surface area contributed by atoms with E-state index in [1.807, 2.05) is 5.38 Å². The molecule has 2 N–H and O–H groups in total. The van der Waals surface area contributed by atoms with Gasteiger partial charge in [-0.05, 0) is 11.4 Å². The van der Waals surface area contributed by atoms with Crippen molar-refractivity contribution in [2.24, 2.45) is 0 Å². The Morgan fingerprint density at radius 2 is 2.46 bits per heavy atom. The first-order valence-corrected chi connectivity index (χ1v) is 4.45. The van der Waals surface area contributed by atoms with Gasteiger partial charge in [-0.25, -0.2) is 4.98 Å². The highest BCUT2D eigenvalue weighted by atomic mass is 32.1. The van der Waals surface area contributed by atoms with Crippen LogP contribution >= 0.6 is 11.3 Å². The molecule has 0 aliphatic carbocycles. The molecule has 0 unspecified atom stereocenters. The van der Waals surface area contributed by atoms with Crippen LogP contribution in [0.15, 0.2) is 28.1 Å².